The van der Waals surface area contributed by atoms with Gasteiger partial charge in [0.15, 0.2) is 0 Å². The molecule has 0 aliphatic heterocycles. The summed E-state index contributed by atoms with van der Waals surface area (Å²) >= 11 is 0. The summed E-state index contributed by atoms with van der Waals surface area (Å²) in [5.41, 5.74) is 8.54. The Morgan fingerprint density at radius 2 is 1.12 bits per heavy atom. The lowest BCUT2D eigenvalue weighted by Gasteiger charge is -2.01. The topological polar surface area (TPSA) is 0 Å². The van der Waals surface area contributed by atoms with Crippen molar-refractivity contribution in [3.8, 4) is 11.1 Å². The molecule has 2 aromatic rings. The Morgan fingerprint density at radius 1 is 0.706 bits per heavy atom. The molecule has 0 nitrogen and oxygen atoms in total. The van der Waals surface area contributed by atoms with Gasteiger partial charge in [-0.25, -0.2) is 0 Å². The fourth-order valence-electron chi connectivity index (χ4n) is 2.47. The quantitative estimate of drug-likeness (QED) is 0.509. The minimum absolute atomic E-state index is 1.11. The maximum Gasteiger partial charge on any atom is -0.00133 e. The Morgan fingerprint density at radius 3 is 1.53 bits per heavy atom. The van der Waals surface area contributed by atoms with Gasteiger partial charge in [0.2, 0.25) is 0 Å². The van der Waals surface area contributed by atoms with Gasteiger partial charge in [-0.15, -0.1) is 0 Å². The number of rotatable bonds is 0. The minimum Gasteiger partial charge on any atom is -0.0683 e. The van der Waals surface area contributed by atoms with Gasteiger partial charge in [0, 0.05) is 0 Å². The molecule has 0 amide bonds. The molecule has 0 heteroatoms. The molecule has 0 bridgehead atoms. The Kier molecular flexibility index (Phi) is 3.33. The smallest absolute Gasteiger partial charge is 0.00133 e. The van der Waals surface area contributed by atoms with E-state index in [1.165, 1.54) is 33.4 Å². The normalized spacial score (nSPS) is 11.3. The second-order valence-electron chi connectivity index (χ2n) is 4.50. The van der Waals surface area contributed by atoms with Crippen molar-refractivity contribution in [2.75, 3.05) is 0 Å². The fraction of sp³-hybridized carbons (Fsp3) is 0.294. The van der Waals surface area contributed by atoms with Crippen molar-refractivity contribution in [3.05, 3.63) is 58.7 Å². The summed E-state index contributed by atoms with van der Waals surface area (Å²) in [6.45, 7) is 8.32. The first-order valence-corrected chi connectivity index (χ1v) is 6.43. The molecule has 3 rings (SSSR count). The molecule has 0 atom stereocenters. The molecule has 0 unspecified atom stereocenters. The summed E-state index contributed by atoms with van der Waals surface area (Å²) in [4.78, 5) is 0. The van der Waals surface area contributed by atoms with Crippen LogP contribution in [0.3, 0.4) is 0 Å². The maximum absolute atomic E-state index is 2.31. The number of hydrogen-bond acceptors (Lipinski definition) is 0. The zero-order chi connectivity index (χ0) is 12.4. The third kappa shape index (κ3) is 2.12. The van der Waals surface area contributed by atoms with Crippen LogP contribution in [0.1, 0.15) is 36.1 Å². The molecule has 88 valence electrons. The van der Waals surface area contributed by atoms with Crippen molar-refractivity contribution in [1.29, 1.82) is 0 Å². The molecule has 1 aliphatic carbocycles. The van der Waals surface area contributed by atoms with Gasteiger partial charge in [0.25, 0.3) is 0 Å². The van der Waals surface area contributed by atoms with Gasteiger partial charge >= 0.3 is 0 Å². The lowest BCUT2D eigenvalue weighted by molar-refractivity contribution is 1.24. The number of aryl methyl sites for hydroxylation is 2. The van der Waals surface area contributed by atoms with E-state index >= 15 is 0 Å². The van der Waals surface area contributed by atoms with Crippen LogP contribution in [0, 0.1) is 13.8 Å². The highest BCUT2D eigenvalue weighted by Gasteiger charge is 2.17. The molecule has 1 aliphatic rings. The maximum atomic E-state index is 2.31. The largest absolute Gasteiger partial charge is 0.0683 e. The van der Waals surface area contributed by atoms with Crippen LogP contribution in [0.2, 0.25) is 0 Å². The Balaban J connectivity index is 0.000000514. The molecule has 17 heavy (non-hydrogen) atoms. The predicted molar refractivity (Wildman–Crippen MR) is 75.5 cm³/mol. The molecule has 0 fully saturated rings. The second kappa shape index (κ2) is 4.75. The van der Waals surface area contributed by atoms with Crippen LogP contribution in [-0.2, 0) is 6.42 Å². The highest BCUT2D eigenvalue weighted by Crippen LogP contribution is 2.37. The monoisotopic (exact) mass is 224 g/mol. The van der Waals surface area contributed by atoms with Crippen molar-refractivity contribution >= 4 is 0 Å². The molecular formula is C17H20. The van der Waals surface area contributed by atoms with Crippen LogP contribution < -0.4 is 0 Å². The van der Waals surface area contributed by atoms with E-state index in [9.17, 15) is 0 Å². The predicted octanol–water partition coefficient (Wildman–Crippen LogP) is 4.90. The van der Waals surface area contributed by atoms with Crippen LogP contribution in [0.15, 0.2) is 36.4 Å². The summed E-state index contributed by atoms with van der Waals surface area (Å²) in [6.07, 6.45) is 1.11. The summed E-state index contributed by atoms with van der Waals surface area (Å²) in [7, 11) is 0. The van der Waals surface area contributed by atoms with Gasteiger partial charge in [0.1, 0.15) is 0 Å². The summed E-state index contributed by atoms with van der Waals surface area (Å²) in [5.74, 6) is 0. The van der Waals surface area contributed by atoms with E-state index in [-0.39, 0.29) is 0 Å². The standard InChI is InChI=1S/C15H14.C2H6/c1-10-3-5-14-12(7-10)9-13-8-11(2)4-6-15(13)14;1-2/h3-8H,9H2,1-2H3;1-2H3. The summed E-state index contributed by atoms with van der Waals surface area (Å²) in [5, 5.41) is 0. The first-order valence-electron chi connectivity index (χ1n) is 6.43. The third-order valence-corrected chi connectivity index (χ3v) is 3.19. The Bertz CT molecular complexity index is 486. The second-order valence-corrected chi connectivity index (χ2v) is 4.50. The Hall–Kier alpha value is -1.56. The molecular weight excluding hydrogens is 204 g/mol. The lowest BCUT2D eigenvalue weighted by atomic mass is 10.0. The number of benzene rings is 2. The SMILES string of the molecule is CC.Cc1ccc2c(c1)Cc1cc(C)ccc1-2. The van der Waals surface area contributed by atoms with Crippen molar-refractivity contribution < 1.29 is 0 Å². The molecule has 0 spiro atoms. The molecule has 0 radical (unpaired) electrons. The molecule has 0 aromatic heterocycles. The highest BCUT2D eigenvalue weighted by atomic mass is 14.2. The van der Waals surface area contributed by atoms with Crippen molar-refractivity contribution in [2.24, 2.45) is 0 Å². The van der Waals surface area contributed by atoms with Crippen LogP contribution in [-0.4, -0.2) is 0 Å². The zero-order valence-electron chi connectivity index (χ0n) is 11.2. The minimum atomic E-state index is 1.11. The molecule has 0 saturated heterocycles. The number of fused-ring (bicyclic) bond motifs is 3. The number of hydrogen-bond donors (Lipinski definition) is 0. The average molecular weight is 224 g/mol. The molecule has 0 saturated carbocycles. The lowest BCUT2D eigenvalue weighted by Crippen LogP contribution is -1.81. The third-order valence-electron chi connectivity index (χ3n) is 3.19. The van der Waals surface area contributed by atoms with Crippen LogP contribution in [0.25, 0.3) is 11.1 Å². The van der Waals surface area contributed by atoms with Crippen LogP contribution in [0.5, 0.6) is 0 Å². The van der Waals surface area contributed by atoms with E-state index in [1.807, 2.05) is 13.8 Å². The molecule has 0 heterocycles. The van der Waals surface area contributed by atoms with E-state index in [2.05, 4.69) is 50.2 Å². The van der Waals surface area contributed by atoms with Crippen molar-refractivity contribution in [3.63, 3.8) is 0 Å². The first-order chi connectivity index (χ1) is 8.24. The van der Waals surface area contributed by atoms with E-state index in [1.54, 1.807) is 0 Å². The van der Waals surface area contributed by atoms with E-state index in [4.69, 9.17) is 0 Å². The highest BCUT2D eigenvalue weighted by molar-refractivity contribution is 5.77. The van der Waals surface area contributed by atoms with E-state index < -0.39 is 0 Å². The average Bonchev–Trinajstić information content (AvgIpc) is 2.67. The van der Waals surface area contributed by atoms with Gasteiger partial charge in [-0.1, -0.05) is 61.4 Å². The van der Waals surface area contributed by atoms with Gasteiger partial charge in [-0.05, 0) is 42.5 Å². The van der Waals surface area contributed by atoms with Crippen LogP contribution >= 0.6 is 0 Å². The zero-order valence-corrected chi connectivity index (χ0v) is 11.2. The van der Waals surface area contributed by atoms with Gasteiger partial charge < -0.3 is 0 Å². The van der Waals surface area contributed by atoms with Gasteiger partial charge in [0.05, 0.1) is 0 Å². The Labute approximate surface area is 104 Å². The molecule has 0 N–H and O–H groups in total. The van der Waals surface area contributed by atoms with Gasteiger partial charge in [-0.2, -0.15) is 0 Å². The first kappa shape index (κ1) is 11.9. The molecule has 2 aromatic carbocycles. The van der Waals surface area contributed by atoms with Crippen LogP contribution in [0.4, 0.5) is 0 Å². The fourth-order valence-corrected chi connectivity index (χ4v) is 2.47. The van der Waals surface area contributed by atoms with E-state index in [0.29, 0.717) is 0 Å². The van der Waals surface area contributed by atoms with Crippen molar-refractivity contribution in [1.82, 2.24) is 0 Å². The summed E-state index contributed by atoms with van der Waals surface area (Å²) in [6, 6.07) is 13.5. The van der Waals surface area contributed by atoms with Gasteiger partial charge in [-0.3, -0.25) is 0 Å². The van der Waals surface area contributed by atoms with Crippen molar-refractivity contribution in [2.45, 2.75) is 34.1 Å². The van der Waals surface area contributed by atoms with E-state index in [0.717, 1.165) is 6.42 Å². The summed E-state index contributed by atoms with van der Waals surface area (Å²) < 4.78 is 0.